The van der Waals surface area contributed by atoms with Crippen molar-refractivity contribution in [3.05, 3.63) is 65.5 Å². The average Bonchev–Trinajstić information content (AvgIpc) is 3.18. The van der Waals surface area contributed by atoms with E-state index in [1.165, 1.54) is 18.9 Å². The van der Waals surface area contributed by atoms with Crippen LogP contribution in [0.1, 0.15) is 28.7 Å². The van der Waals surface area contributed by atoms with Crippen LogP contribution < -0.4 is 10.1 Å². The molecular formula is C22H24N4O4S. The Labute approximate surface area is 185 Å². The predicted molar refractivity (Wildman–Crippen MR) is 118 cm³/mol. The maximum Gasteiger partial charge on any atom is 0.339 e. The number of amides is 1. The highest BCUT2D eigenvalue weighted by molar-refractivity contribution is 7.99. The molecule has 1 N–H and O–H groups in total. The lowest BCUT2D eigenvalue weighted by molar-refractivity contribution is -0.113. The van der Waals surface area contributed by atoms with Crippen molar-refractivity contribution in [2.75, 3.05) is 18.2 Å². The number of carbonyl (C=O) groups excluding carboxylic acids is 2. The summed E-state index contributed by atoms with van der Waals surface area (Å²) >= 11 is 1.27. The van der Waals surface area contributed by atoms with Crippen LogP contribution in [0.5, 0.6) is 5.75 Å². The first-order valence-electron chi connectivity index (χ1n) is 9.73. The molecular weight excluding hydrogens is 416 g/mol. The van der Waals surface area contributed by atoms with Crippen LogP contribution in [0.2, 0.25) is 0 Å². The number of methoxy groups -OCH3 is 1. The molecule has 3 rings (SSSR count). The Morgan fingerprint density at radius 1 is 1.13 bits per heavy atom. The third-order valence-corrected chi connectivity index (χ3v) is 5.37. The maximum atomic E-state index is 12.4. The number of carbonyl (C=O) groups is 2. The third-order valence-electron chi connectivity index (χ3n) is 4.41. The zero-order valence-corrected chi connectivity index (χ0v) is 18.4. The van der Waals surface area contributed by atoms with E-state index < -0.39 is 5.97 Å². The van der Waals surface area contributed by atoms with E-state index in [-0.39, 0.29) is 18.3 Å². The number of anilines is 1. The van der Waals surface area contributed by atoms with Crippen molar-refractivity contribution in [2.45, 2.75) is 32.2 Å². The molecule has 0 spiro atoms. The van der Waals surface area contributed by atoms with Gasteiger partial charge in [-0.25, -0.2) is 4.79 Å². The van der Waals surface area contributed by atoms with E-state index in [1.807, 2.05) is 42.7 Å². The Morgan fingerprint density at radius 2 is 1.94 bits per heavy atom. The van der Waals surface area contributed by atoms with E-state index in [4.69, 9.17) is 9.47 Å². The maximum absolute atomic E-state index is 12.4. The quantitative estimate of drug-likeness (QED) is 0.400. The van der Waals surface area contributed by atoms with Gasteiger partial charge in [0.25, 0.3) is 0 Å². The second-order valence-corrected chi connectivity index (χ2v) is 7.56. The van der Waals surface area contributed by atoms with E-state index >= 15 is 0 Å². The molecule has 0 unspecified atom stereocenters. The summed E-state index contributed by atoms with van der Waals surface area (Å²) in [5.41, 5.74) is 1.82. The summed E-state index contributed by atoms with van der Waals surface area (Å²) in [6, 6.07) is 14.5. The summed E-state index contributed by atoms with van der Waals surface area (Å²) in [5, 5.41) is 11.8. The second-order valence-electron chi connectivity index (χ2n) is 6.62. The molecule has 0 aliphatic heterocycles. The summed E-state index contributed by atoms with van der Waals surface area (Å²) in [6.45, 7) is 4.92. The van der Waals surface area contributed by atoms with Crippen molar-refractivity contribution in [3.8, 4) is 5.75 Å². The normalized spacial score (nSPS) is 10.5. The monoisotopic (exact) mass is 440 g/mol. The van der Waals surface area contributed by atoms with Gasteiger partial charge in [0.2, 0.25) is 5.91 Å². The highest BCUT2D eigenvalue weighted by atomic mass is 32.2. The van der Waals surface area contributed by atoms with Crippen LogP contribution in [0, 0.1) is 6.92 Å². The molecule has 1 heterocycles. The number of thioether (sulfide) groups is 1. The van der Waals surface area contributed by atoms with Crippen molar-refractivity contribution < 1.29 is 19.1 Å². The van der Waals surface area contributed by atoms with Crippen LogP contribution in [0.3, 0.4) is 0 Å². The summed E-state index contributed by atoms with van der Waals surface area (Å²) in [5.74, 6) is 0.801. The number of para-hydroxylation sites is 1. The van der Waals surface area contributed by atoms with Gasteiger partial charge in [0.05, 0.1) is 24.1 Å². The van der Waals surface area contributed by atoms with Crippen LogP contribution in [0.15, 0.2) is 53.7 Å². The number of hydrogen-bond acceptors (Lipinski definition) is 7. The largest absolute Gasteiger partial charge is 0.486 e. The molecule has 0 radical (unpaired) electrons. The van der Waals surface area contributed by atoms with Gasteiger partial charge in [-0.3, -0.25) is 4.79 Å². The molecule has 162 valence electrons. The summed E-state index contributed by atoms with van der Waals surface area (Å²) in [7, 11) is 1.30. The Morgan fingerprint density at radius 3 is 2.68 bits per heavy atom. The van der Waals surface area contributed by atoms with Crippen molar-refractivity contribution in [1.82, 2.24) is 14.8 Å². The molecule has 8 nitrogen and oxygen atoms in total. The van der Waals surface area contributed by atoms with Crippen molar-refractivity contribution >= 4 is 29.3 Å². The van der Waals surface area contributed by atoms with Crippen LogP contribution in [0.25, 0.3) is 0 Å². The van der Waals surface area contributed by atoms with Crippen molar-refractivity contribution in [1.29, 1.82) is 0 Å². The third kappa shape index (κ3) is 5.85. The van der Waals surface area contributed by atoms with Gasteiger partial charge in [-0.15, -0.1) is 10.2 Å². The Bertz CT molecular complexity index is 1070. The van der Waals surface area contributed by atoms with E-state index in [2.05, 4.69) is 15.5 Å². The molecule has 9 heteroatoms. The van der Waals surface area contributed by atoms with Crippen LogP contribution in [-0.4, -0.2) is 39.5 Å². The minimum absolute atomic E-state index is 0.117. The molecule has 0 saturated heterocycles. The van der Waals surface area contributed by atoms with Crippen LogP contribution in [-0.2, 0) is 22.7 Å². The van der Waals surface area contributed by atoms with Gasteiger partial charge in [0.1, 0.15) is 12.4 Å². The van der Waals surface area contributed by atoms with E-state index in [0.29, 0.717) is 28.8 Å². The number of nitrogens with zero attached hydrogens (tertiary/aromatic N) is 3. The molecule has 0 saturated carbocycles. The predicted octanol–water partition coefficient (Wildman–Crippen LogP) is 3.70. The molecule has 0 fully saturated rings. The van der Waals surface area contributed by atoms with Gasteiger partial charge in [-0.1, -0.05) is 36.0 Å². The SMILES string of the molecule is CCn1c(COc2cccc(C)c2)nnc1SCC(=O)Nc1ccccc1C(=O)OC. The molecule has 0 bridgehead atoms. The fourth-order valence-electron chi connectivity index (χ4n) is 2.90. The zero-order chi connectivity index (χ0) is 22.2. The number of ether oxygens (including phenoxy) is 2. The fraction of sp³-hybridized carbons (Fsp3) is 0.273. The lowest BCUT2D eigenvalue weighted by Gasteiger charge is -2.10. The molecule has 0 aliphatic carbocycles. The second kappa shape index (κ2) is 10.6. The van der Waals surface area contributed by atoms with Gasteiger partial charge in [0, 0.05) is 6.54 Å². The van der Waals surface area contributed by atoms with Crippen LogP contribution >= 0.6 is 11.8 Å². The van der Waals surface area contributed by atoms with E-state index in [1.54, 1.807) is 24.3 Å². The Balaban J connectivity index is 1.61. The molecule has 0 aliphatic rings. The minimum atomic E-state index is -0.507. The number of benzene rings is 2. The molecule has 1 aromatic heterocycles. The summed E-state index contributed by atoms with van der Waals surface area (Å²) < 4.78 is 12.5. The number of aryl methyl sites for hydroxylation is 1. The van der Waals surface area contributed by atoms with Crippen LogP contribution in [0.4, 0.5) is 5.69 Å². The number of nitrogens with one attached hydrogen (secondary N) is 1. The Hall–Kier alpha value is -3.33. The van der Waals surface area contributed by atoms with E-state index in [9.17, 15) is 9.59 Å². The zero-order valence-electron chi connectivity index (χ0n) is 17.6. The van der Waals surface area contributed by atoms with Gasteiger partial charge < -0.3 is 19.4 Å². The average molecular weight is 441 g/mol. The molecule has 1 amide bonds. The lowest BCUT2D eigenvalue weighted by atomic mass is 10.2. The highest BCUT2D eigenvalue weighted by Crippen LogP contribution is 2.21. The van der Waals surface area contributed by atoms with Gasteiger partial charge in [0.15, 0.2) is 11.0 Å². The topological polar surface area (TPSA) is 95.3 Å². The van der Waals surface area contributed by atoms with Gasteiger partial charge in [-0.2, -0.15) is 0 Å². The van der Waals surface area contributed by atoms with Gasteiger partial charge in [-0.05, 0) is 43.7 Å². The minimum Gasteiger partial charge on any atom is -0.486 e. The standard InChI is InChI=1S/C22H24N4O4S/c1-4-26-19(13-30-16-9-7-8-15(2)12-16)24-25-22(26)31-14-20(27)23-18-11-6-5-10-17(18)21(28)29-3/h5-12H,4,13-14H2,1-3H3,(H,23,27). The first kappa shape index (κ1) is 22.4. The number of hydrogen-bond donors (Lipinski definition) is 1. The molecule has 3 aromatic rings. The number of rotatable bonds is 9. The summed E-state index contributed by atoms with van der Waals surface area (Å²) in [4.78, 5) is 24.3. The number of aromatic nitrogens is 3. The smallest absolute Gasteiger partial charge is 0.339 e. The number of esters is 1. The first-order chi connectivity index (χ1) is 15.0. The summed E-state index contributed by atoms with van der Waals surface area (Å²) in [6.07, 6.45) is 0. The highest BCUT2D eigenvalue weighted by Gasteiger charge is 2.16. The lowest BCUT2D eigenvalue weighted by Crippen LogP contribution is -2.17. The molecule has 2 aromatic carbocycles. The fourth-order valence-corrected chi connectivity index (χ4v) is 3.72. The van der Waals surface area contributed by atoms with E-state index in [0.717, 1.165) is 11.3 Å². The van der Waals surface area contributed by atoms with Crippen molar-refractivity contribution in [2.24, 2.45) is 0 Å². The molecule has 31 heavy (non-hydrogen) atoms. The molecule has 0 atom stereocenters. The first-order valence-corrected chi connectivity index (χ1v) is 10.7. The Kier molecular flexibility index (Phi) is 7.66. The van der Waals surface area contributed by atoms with Gasteiger partial charge >= 0.3 is 5.97 Å². The van der Waals surface area contributed by atoms with Crippen molar-refractivity contribution in [3.63, 3.8) is 0 Å².